The molecule has 1 aromatic rings. The van der Waals surface area contributed by atoms with Crippen molar-refractivity contribution in [2.45, 2.75) is 45.4 Å². The van der Waals surface area contributed by atoms with Crippen molar-refractivity contribution in [3.63, 3.8) is 0 Å². The third-order valence-corrected chi connectivity index (χ3v) is 3.21. The van der Waals surface area contributed by atoms with Gasteiger partial charge in [0.05, 0.1) is 13.2 Å². The van der Waals surface area contributed by atoms with Gasteiger partial charge in [0.25, 0.3) is 0 Å². The Kier molecular flexibility index (Phi) is 11.0. The Labute approximate surface area is 133 Å². The molecule has 4 heteroatoms. The summed E-state index contributed by atoms with van der Waals surface area (Å²) in [5.74, 6) is 0.709. The molecule has 0 unspecified atom stereocenters. The van der Waals surface area contributed by atoms with Crippen LogP contribution in [-0.2, 0) is 14.3 Å². The second-order valence-electron chi connectivity index (χ2n) is 5.16. The van der Waals surface area contributed by atoms with Crippen molar-refractivity contribution in [3.8, 4) is 5.75 Å². The molecule has 22 heavy (non-hydrogen) atoms. The van der Waals surface area contributed by atoms with E-state index in [9.17, 15) is 4.79 Å². The Balaban J connectivity index is 1.85. The Morgan fingerprint density at radius 3 is 2.41 bits per heavy atom. The first kappa shape index (κ1) is 18.5. The molecule has 0 N–H and O–H groups in total. The van der Waals surface area contributed by atoms with Crippen LogP contribution in [0.2, 0.25) is 0 Å². The number of rotatable bonds is 13. The molecule has 0 amide bonds. The van der Waals surface area contributed by atoms with Crippen molar-refractivity contribution in [1.82, 2.24) is 0 Å². The van der Waals surface area contributed by atoms with Crippen LogP contribution in [0.15, 0.2) is 30.3 Å². The molecule has 0 saturated heterocycles. The first-order valence-corrected chi connectivity index (χ1v) is 8.24. The number of hydrogen-bond acceptors (Lipinski definition) is 4. The molecule has 1 rings (SSSR count). The summed E-state index contributed by atoms with van der Waals surface area (Å²) in [5.41, 5.74) is 0. The number of hydrogen-bond donors (Lipinski definition) is 0. The maximum atomic E-state index is 11.4. The molecule has 0 heterocycles. The minimum absolute atomic E-state index is 0.124. The SMILES string of the molecule is CCCCCCCC(=O)OCCOCCOc1ccccc1. The fraction of sp³-hybridized carbons (Fsp3) is 0.611. The molecule has 0 radical (unpaired) electrons. The maximum Gasteiger partial charge on any atom is 0.305 e. The summed E-state index contributed by atoms with van der Waals surface area (Å²) >= 11 is 0. The van der Waals surface area contributed by atoms with Gasteiger partial charge in [0.1, 0.15) is 19.0 Å². The van der Waals surface area contributed by atoms with E-state index in [1.807, 2.05) is 30.3 Å². The summed E-state index contributed by atoms with van der Waals surface area (Å²) in [6, 6.07) is 9.61. The topological polar surface area (TPSA) is 44.8 Å². The van der Waals surface area contributed by atoms with E-state index in [-0.39, 0.29) is 5.97 Å². The molecule has 0 aliphatic heterocycles. The molecule has 1 aromatic carbocycles. The van der Waals surface area contributed by atoms with Gasteiger partial charge in [-0.1, -0.05) is 50.8 Å². The minimum Gasteiger partial charge on any atom is -0.491 e. The first-order valence-electron chi connectivity index (χ1n) is 8.24. The highest BCUT2D eigenvalue weighted by Gasteiger charge is 2.02. The van der Waals surface area contributed by atoms with Crippen molar-refractivity contribution >= 4 is 5.97 Å². The molecular formula is C18H28O4. The fourth-order valence-electron chi connectivity index (χ4n) is 2.00. The van der Waals surface area contributed by atoms with E-state index in [1.54, 1.807) is 0 Å². The van der Waals surface area contributed by atoms with E-state index < -0.39 is 0 Å². The number of esters is 1. The predicted molar refractivity (Wildman–Crippen MR) is 87.1 cm³/mol. The van der Waals surface area contributed by atoms with Crippen LogP contribution in [0.5, 0.6) is 5.75 Å². The van der Waals surface area contributed by atoms with E-state index in [0.29, 0.717) is 32.8 Å². The van der Waals surface area contributed by atoms with Gasteiger partial charge in [-0.05, 0) is 18.6 Å². The number of carbonyl (C=O) groups excluding carboxylic acids is 1. The van der Waals surface area contributed by atoms with E-state index in [1.165, 1.54) is 19.3 Å². The van der Waals surface area contributed by atoms with Gasteiger partial charge in [0.2, 0.25) is 0 Å². The van der Waals surface area contributed by atoms with Gasteiger partial charge in [0.15, 0.2) is 0 Å². The zero-order chi connectivity index (χ0) is 15.9. The largest absolute Gasteiger partial charge is 0.491 e. The first-order chi connectivity index (χ1) is 10.8. The van der Waals surface area contributed by atoms with Crippen molar-refractivity contribution < 1.29 is 19.0 Å². The second-order valence-corrected chi connectivity index (χ2v) is 5.16. The molecule has 0 bridgehead atoms. The van der Waals surface area contributed by atoms with E-state index in [0.717, 1.165) is 18.6 Å². The minimum atomic E-state index is -0.124. The van der Waals surface area contributed by atoms with Crippen LogP contribution >= 0.6 is 0 Å². The third kappa shape index (κ3) is 10.2. The Morgan fingerprint density at radius 2 is 1.64 bits per heavy atom. The van der Waals surface area contributed by atoms with Crippen LogP contribution in [0, 0.1) is 0 Å². The molecular weight excluding hydrogens is 280 g/mol. The van der Waals surface area contributed by atoms with Crippen molar-refractivity contribution in [1.29, 1.82) is 0 Å². The zero-order valence-electron chi connectivity index (χ0n) is 13.6. The number of unbranched alkanes of at least 4 members (excludes halogenated alkanes) is 4. The summed E-state index contributed by atoms with van der Waals surface area (Å²) in [6.07, 6.45) is 6.21. The summed E-state index contributed by atoms with van der Waals surface area (Å²) < 4.78 is 16.0. The lowest BCUT2D eigenvalue weighted by Crippen LogP contribution is -2.13. The Bertz CT molecular complexity index is 378. The van der Waals surface area contributed by atoms with Gasteiger partial charge in [-0.3, -0.25) is 4.79 Å². The quantitative estimate of drug-likeness (QED) is 0.408. The average Bonchev–Trinajstić information content (AvgIpc) is 2.55. The maximum absolute atomic E-state index is 11.4. The van der Waals surface area contributed by atoms with Crippen molar-refractivity contribution in [3.05, 3.63) is 30.3 Å². The lowest BCUT2D eigenvalue weighted by molar-refractivity contribution is -0.145. The van der Waals surface area contributed by atoms with Gasteiger partial charge >= 0.3 is 5.97 Å². The van der Waals surface area contributed by atoms with Gasteiger partial charge in [-0.2, -0.15) is 0 Å². The molecule has 0 aromatic heterocycles. The highest BCUT2D eigenvalue weighted by atomic mass is 16.6. The van der Waals surface area contributed by atoms with Gasteiger partial charge in [0, 0.05) is 6.42 Å². The predicted octanol–water partition coefficient (Wildman–Crippen LogP) is 3.99. The van der Waals surface area contributed by atoms with Crippen LogP contribution in [0.1, 0.15) is 45.4 Å². The van der Waals surface area contributed by atoms with Crippen LogP contribution < -0.4 is 4.74 Å². The molecule has 0 aliphatic rings. The molecule has 0 spiro atoms. The molecule has 0 atom stereocenters. The third-order valence-electron chi connectivity index (χ3n) is 3.21. The normalized spacial score (nSPS) is 10.4. The highest BCUT2D eigenvalue weighted by molar-refractivity contribution is 5.69. The van der Waals surface area contributed by atoms with E-state index in [4.69, 9.17) is 14.2 Å². The standard InChI is InChI=1S/C18H28O4/c1-2-3-4-5-9-12-18(19)22-16-14-20-13-15-21-17-10-7-6-8-11-17/h6-8,10-11H,2-5,9,12-16H2,1H3. The number of ether oxygens (including phenoxy) is 3. The number of benzene rings is 1. The van der Waals surface area contributed by atoms with Crippen molar-refractivity contribution in [2.75, 3.05) is 26.4 Å². The molecule has 0 aliphatic carbocycles. The lowest BCUT2D eigenvalue weighted by atomic mass is 10.1. The highest BCUT2D eigenvalue weighted by Crippen LogP contribution is 2.07. The van der Waals surface area contributed by atoms with E-state index >= 15 is 0 Å². The smallest absolute Gasteiger partial charge is 0.305 e. The fourth-order valence-corrected chi connectivity index (χ4v) is 2.00. The van der Waals surface area contributed by atoms with Gasteiger partial charge in [-0.15, -0.1) is 0 Å². The lowest BCUT2D eigenvalue weighted by Gasteiger charge is -2.08. The Morgan fingerprint density at radius 1 is 0.909 bits per heavy atom. The summed E-state index contributed by atoms with van der Waals surface area (Å²) in [5, 5.41) is 0. The second kappa shape index (κ2) is 13.1. The van der Waals surface area contributed by atoms with Crippen LogP contribution in [0.25, 0.3) is 0 Å². The molecule has 0 fully saturated rings. The number of para-hydroxylation sites is 1. The zero-order valence-corrected chi connectivity index (χ0v) is 13.6. The van der Waals surface area contributed by atoms with Crippen LogP contribution in [0.3, 0.4) is 0 Å². The average molecular weight is 308 g/mol. The molecule has 0 saturated carbocycles. The van der Waals surface area contributed by atoms with Crippen LogP contribution in [-0.4, -0.2) is 32.4 Å². The van der Waals surface area contributed by atoms with Gasteiger partial charge in [-0.25, -0.2) is 0 Å². The molecule has 4 nitrogen and oxygen atoms in total. The van der Waals surface area contributed by atoms with Gasteiger partial charge < -0.3 is 14.2 Å². The van der Waals surface area contributed by atoms with Crippen molar-refractivity contribution in [2.24, 2.45) is 0 Å². The monoisotopic (exact) mass is 308 g/mol. The Hall–Kier alpha value is -1.55. The summed E-state index contributed by atoms with van der Waals surface area (Å²) in [4.78, 5) is 11.4. The number of carbonyl (C=O) groups is 1. The van der Waals surface area contributed by atoms with Crippen LogP contribution in [0.4, 0.5) is 0 Å². The summed E-state index contributed by atoms with van der Waals surface area (Å²) in [6.45, 7) is 3.90. The summed E-state index contributed by atoms with van der Waals surface area (Å²) in [7, 11) is 0. The van der Waals surface area contributed by atoms with E-state index in [2.05, 4.69) is 6.92 Å². The molecule has 124 valence electrons.